The van der Waals surface area contributed by atoms with Crippen molar-refractivity contribution in [1.82, 2.24) is 9.80 Å². The maximum Gasteiger partial charge on any atom is 0.311 e. The predicted octanol–water partition coefficient (Wildman–Crippen LogP) is 1.99. The molecule has 0 spiro atoms. The zero-order valence-corrected chi connectivity index (χ0v) is 10.6. The molecule has 0 aromatic carbocycles. The van der Waals surface area contributed by atoms with Crippen molar-refractivity contribution in [2.75, 3.05) is 13.6 Å². The average Bonchev–Trinajstić information content (AvgIpc) is 2.57. The summed E-state index contributed by atoms with van der Waals surface area (Å²) in [6.07, 6.45) is 5.90. The van der Waals surface area contributed by atoms with Crippen molar-refractivity contribution in [3.8, 4) is 0 Å². The fourth-order valence-corrected chi connectivity index (χ4v) is 1.49. The molecule has 0 fully saturated rings. The molecule has 1 atom stereocenters. The van der Waals surface area contributed by atoms with Crippen molar-refractivity contribution in [1.29, 1.82) is 0 Å². The van der Waals surface area contributed by atoms with Gasteiger partial charge in [-0.2, -0.15) is 0 Å². The standard InChI is InChI=1S/C12H22N2O2/c1-5-6-7-14-9-8-13(4)12(14)16-11(15)10(2)3/h8-10,12H,5-7H2,1-4H3. The maximum absolute atomic E-state index is 11.6. The Morgan fingerprint density at radius 2 is 2.12 bits per heavy atom. The van der Waals surface area contributed by atoms with Crippen LogP contribution in [0.5, 0.6) is 0 Å². The summed E-state index contributed by atoms with van der Waals surface area (Å²) in [5.74, 6) is -0.232. The van der Waals surface area contributed by atoms with Gasteiger partial charge in [0.25, 0.3) is 6.35 Å². The lowest BCUT2D eigenvalue weighted by Gasteiger charge is -2.30. The highest BCUT2D eigenvalue weighted by Crippen LogP contribution is 2.17. The molecule has 4 nitrogen and oxygen atoms in total. The fraction of sp³-hybridized carbons (Fsp3) is 0.750. The maximum atomic E-state index is 11.6. The van der Waals surface area contributed by atoms with E-state index in [2.05, 4.69) is 11.8 Å². The van der Waals surface area contributed by atoms with Gasteiger partial charge in [0.05, 0.1) is 5.92 Å². The van der Waals surface area contributed by atoms with Crippen LogP contribution >= 0.6 is 0 Å². The lowest BCUT2D eigenvalue weighted by atomic mass is 10.2. The number of nitrogens with zero attached hydrogens (tertiary/aromatic N) is 2. The van der Waals surface area contributed by atoms with Crippen LogP contribution < -0.4 is 0 Å². The van der Waals surface area contributed by atoms with Crippen molar-refractivity contribution in [2.45, 2.75) is 40.0 Å². The van der Waals surface area contributed by atoms with Gasteiger partial charge in [0, 0.05) is 26.0 Å². The fourth-order valence-electron chi connectivity index (χ4n) is 1.49. The van der Waals surface area contributed by atoms with Crippen molar-refractivity contribution in [2.24, 2.45) is 5.92 Å². The largest absolute Gasteiger partial charge is 0.422 e. The molecule has 1 rings (SSSR count). The van der Waals surface area contributed by atoms with Crippen LogP contribution in [0.2, 0.25) is 0 Å². The molecule has 0 saturated heterocycles. The number of unbranched alkanes of at least 4 members (excludes halogenated alkanes) is 1. The molecular formula is C12H22N2O2. The summed E-state index contributed by atoms with van der Waals surface area (Å²) in [5, 5.41) is 0. The second-order valence-corrected chi connectivity index (χ2v) is 4.47. The Hall–Kier alpha value is -1.19. The van der Waals surface area contributed by atoms with E-state index in [0.29, 0.717) is 0 Å². The minimum Gasteiger partial charge on any atom is -0.422 e. The van der Waals surface area contributed by atoms with E-state index in [1.807, 2.05) is 38.2 Å². The molecular weight excluding hydrogens is 204 g/mol. The number of carbonyl (C=O) groups is 1. The van der Waals surface area contributed by atoms with Gasteiger partial charge in [0.2, 0.25) is 0 Å². The normalized spacial score (nSPS) is 19.7. The molecule has 0 saturated carbocycles. The first-order valence-corrected chi connectivity index (χ1v) is 5.92. The Kier molecular flexibility index (Phi) is 4.65. The van der Waals surface area contributed by atoms with Crippen LogP contribution in [0.25, 0.3) is 0 Å². The van der Waals surface area contributed by atoms with E-state index in [1.165, 1.54) is 0 Å². The van der Waals surface area contributed by atoms with E-state index in [0.717, 1.165) is 19.4 Å². The summed E-state index contributed by atoms with van der Waals surface area (Å²) in [6.45, 7) is 6.77. The van der Waals surface area contributed by atoms with E-state index in [-0.39, 0.29) is 18.2 Å². The quantitative estimate of drug-likeness (QED) is 0.671. The van der Waals surface area contributed by atoms with Gasteiger partial charge >= 0.3 is 5.97 Å². The smallest absolute Gasteiger partial charge is 0.311 e. The van der Waals surface area contributed by atoms with Gasteiger partial charge in [0.1, 0.15) is 0 Å². The van der Waals surface area contributed by atoms with Crippen LogP contribution in [0.15, 0.2) is 12.4 Å². The Balaban J connectivity index is 2.51. The van der Waals surface area contributed by atoms with E-state index in [4.69, 9.17) is 4.74 Å². The van der Waals surface area contributed by atoms with Gasteiger partial charge in [-0.15, -0.1) is 0 Å². The third kappa shape index (κ3) is 3.15. The highest BCUT2D eigenvalue weighted by molar-refractivity contribution is 5.71. The van der Waals surface area contributed by atoms with Gasteiger partial charge < -0.3 is 14.5 Å². The summed E-state index contributed by atoms with van der Waals surface area (Å²) in [7, 11) is 1.92. The predicted molar refractivity (Wildman–Crippen MR) is 63.2 cm³/mol. The number of hydrogen-bond acceptors (Lipinski definition) is 4. The third-order valence-corrected chi connectivity index (χ3v) is 2.59. The molecule has 92 valence electrons. The number of hydrogen-bond donors (Lipinski definition) is 0. The Labute approximate surface area is 97.9 Å². The molecule has 0 N–H and O–H groups in total. The number of esters is 1. The van der Waals surface area contributed by atoms with Crippen molar-refractivity contribution in [3.05, 3.63) is 12.4 Å². The molecule has 0 amide bonds. The molecule has 0 aliphatic carbocycles. The third-order valence-electron chi connectivity index (χ3n) is 2.59. The highest BCUT2D eigenvalue weighted by atomic mass is 16.6. The molecule has 0 radical (unpaired) electrons. The Morgan fingerprint density at radius 1 is 1.44 bits per heavy atom. The molecule has 1 unspecified atom stereocenters. The van der Waals surface area contributed by atoms with Gasteiger partial charge in [-0.05, 0) is 6.42 Å². The Bertz CT molecular complexity index is 264. The first kappa shape index (κ1) is 12.9. The SMILES string of the molecule is CCCCN1C=CN(C)C1OC(=O)C(C)C. The van der Waals surface area contributed by atoms with E-state index < -0.39 is 0 Å². The molecule has 0 aromatic heterocycles. The second kappa shape index (κ2) is 5.77. The molecule has 0 bridgehead atoms. The number of ether oxygens (including phenoxy) is 1. The topological polar surface area (TPSA) is 32.8 Å². The summed E-state index contributed by atoms with van der Waals surface area (Å²) < 4.78 is 5.45. The molecule has 16 heavy (non-hydrogen) atoms. The van der Waals surface area contributed by atoms with Crippen LogP contribution in [-0.4, -0.2) is 35.7 Å². The van der Waals surface area contributed by atoms with Gasteiger partial charge in [-0.1, -0.05) is 27.2 Å². The van der Waals surface area contributed by atoms with E-state index in [1.54, 1.807) is 0 Å². The molecule has 4 heteroatoms. The lowest BCUT2D eigenvalue weighted by Crippen LogP contribution is -2.41. The van der Waals surface area contributed by atoms with Crippen LogP contribution in [0.1, 0.15) is 33.6 Å². The average molecular weight is 226 g/mol. The highest BCUT2D eigenvalue weighted by Gasteiger charge is 2.27. The molecule has 1 heterocycles. The molecule has 1 aliphatic rings. The molecule has 0 aromatic rings. The Morgan fingerprint density at radius 3 is 2.69 bits per heavy atom. The van der Waals surface area contributed by atoms with E-state index >= 15 is 0 Å². The number of carbonyl (C=O) groups excluding carboxylic acids is 1. The lowest BCUT2D eigenvalue weighted by molar-refractivity contribution is -0.170. The summed E-state index contributed by atoms with van der Waals surface area (Å²) in [4.78, 5) is 15.5. The van der Waals surface area contributed by atoms with Crippen LogP contribution in [0.3, 0.4) is 0 Å². The zero-order chi connectivity index (χ0) is 12.1. The summed E-state index contributed by atoms with van der Waals surface area (Å²) in [5.41, 5.74) is 0. The van der Waals surface area contributed by atoms with Crippen LogP contribution in [-0.2, 0) is 9.53 Å². The molecule has 1 aliphatic heterocycles. The zero-order valence-electron chi connectivity index (χ0n) is 10.6. The van der Waals surface area contributed by atoms with Crippen molar-refractivity contribution < 1.29 is 9.53 Å². The summed E-state index contributed by atoms with van der Waals surface area (Å²) in [6, 6.07) is 0. The summed E-state index contributed by atoms with van der Waals surface area (Å²) >= 11 is 0. The van der Waals surface area contributed by atoms with Crippen molar-refractivity contribution >= 4 is 5.97 Å². The van der Waals surface area contributed by atoms with Crippen molar-refractivity contribution in [3.63, 3.8) is 0 Å². The first-order valence-electron chi connectivity index (χ1n) is 5.92. The second-order valence-electron chi connectivity index (χ2n) is 4.47. The number of rotatable bonds is 5. The monoisotopic (exact) mass is 226 g/mol. The minimum absolute atomic E-state index is 0.0815. The van der Waals surface area contributed by atoms with E-state index in [9.17, 15) is 4.79 Å². The van der Waals surface area contributed by atoms with Gasteiger partial charge in [-0.25, -0.2) is 0 Å². The van der Waals surface area contributed by atoms with Gasteiger partial charge in [0.15, 0.2) is 0 Å². The van der Waals surface area contributed by atoms with Gasteiger partial charge in [-0.3, -0.25) is 4.79 Å². The first-order chi connectivity index (χ1) is 7.56. The van der Waals surface area contributed by atoms with Crippen LogP contribution in [0.4, 0.5) is 0 Å². The minimum atomic E-state index is -0.263. The van der Waals surface area contributed by atoms with Crippen LogP contribution in [0, 0.1) is 5.92 Å².